The molecule has 0 aliphatic carbocycles. The standard InChI is InChI=1S/C22H25NO4/c1-14-6-7-15(2)18(12-14)20(25)27-13-19(24)16-8-10-17(11-9-16)23-21(26)22(3,4)5/h6-12H,13H2,1-5H3,(H,23,26). The molecular weight excluding hydrogens is 342 g/mol. The largest absolute Gasteiger partial charge is 0.454 e. The molecule has 0 bridgehead atoms. The third-order valence-corrected chi connectivity index (χ3v) is 4.09. The second kappa shape index (κ2) is 8.16. The second-order valence-corrected chi connectivity index (χ2v) is 7.60. The van der Waals surface area contributed by atoms with Gasteiger partial charge in [-0.15, -0.1) is 0 Å². The Labute approximate surface area is 159 Å². The van der Waals surface area contributed by atoms with Crippen molar-refractivity contribution in [2.75, 3.05) is 11.9 Å². The van der Waals surface area contributed by atoms with Gasteiger partial charge in [-0.1, -0.05) is 38.5 Å². The molecule has 2 aromatic carbocycles. The number of hydrogen-bond acceptors (Lipinski definition) is 4. The minimum absolute atomic E-state index is 0.107. The lowest BCUT2D eigenvalue weighted by Crippen LogP contribution is -2.27. The van der Waals surface area contributed by atoms with Crippen molar-refractivity contribution in [2.45, 2.75) is 34.6 Å². The fourth-order valence-corrected chi connectivity index (χ4v) is 2.31. The van der Waals surface area contributed by atoms with Crippen molar-refractivity contribution in [2.24, 2.45) is 5.41 Å². The highest BCUT2D eigenvalue weighted by molar-refractivity contribution is 6.00. The number of Topliss-reactive ketones (excluding diaryl/α,β-unsaturated/α-hetero) is 1. The molecule has 0 fully saturated rings. The summed E-state index contributed by atoms with van der Waals surface area (Å²) in [5.41, 5.74) is 2.74. The van der Waals surface area contributed by atoms with E-state index in [0.29, 0.717) is 16.8 Å². The van der Waals surface area contributed by atoms with Crippen molar-refractivity contribution >= 4 is 23.3 Å². The monoisotopic (exact) mass is 367 g/mol. The summed E-state index contributed by atoms with van der Waals surface area (Å²) in [6.45, 7) is 8.85. The number of ether oxygens (including phenoxy) is 1. The molecule has 2 rings (SSSR count). The van der Waals surface area contributed by atoms with Gasteiger partial charge in [0.25, 0.3) is 0 Å². The molecule has 27 heavy (non-hydrogen) atoms. The van der Waals surface area contributed by atoms with Gasteiger partial charge in [-0.25, -0.2) is 4.79 Å². The molecule has 0 saturated heterocycles. The lowest BCUT2D eigenvalue weighted by molar-refractivity contribution is -0.123. The van der Waals surface area contributed by atoms with Crippen LogP contribution in [0.15, 0.2) is 42.5 Å². The number of carbonyl (C=O) groups excluding carboxylic acids is 3. The van der Waals surface area contributed by atoms with Gasteiger partial charge in [-0.2, -0.15) is 0 Å². The number of carbonyl (C=O) groups is 3. The maximum absolute atomic E-state index is 12.3. The van der Waals surface area contributed by atoms with Gasteiger partial charge >= 0.3 is 5.97 Å². The topological polar surface area (TPSA) is 72.5 Å². The third kappa shape index (κ3) is 5.51. The van der Waals surface area contributed by atoms with Crippen LogP contribution in [0.3, 0.4) is 0 Å². The van der Waals surface area contributed by atoms with Crippen LogP contribution < -0.4 is 5.32 Å². The van der Waals surface area contributed by atoms with Crippen molar-refractivity contribution in [3.63, 3.8) is 0 Å². The summed E-state index contributed by atoms with van der Waals surface area (Å²) in [5, 5.41) is 2.80. The fourth-order valence-electron chi connectivity index (χ4n) is 2.31. The van der Waals surface area contributed by atoms with Crippen molar-refractivity contribution < 1.29 is 19.1 Å². The van der Waals surface area contributed by atoms with E-state index in [9.17, 15) is 14.4 Å². The van der Waals surface area contributed by atoms with E-state index in [1.165, 1.54) is 0 Å². The minimum atomic E-state index is -0.515. The normalized spacial score (nSPS) is 11.0. The molecule has 0 heterocycles. The Hall–Kier alpha value is -2.95. The predicted octanol–water partition coefficient (Wildman–Crippen LogP) is 4.33. The van der Waals surface area contributed by atoms with E-state index in [4.69, 9.17) is 4.74 Å². The summed E-state index contributed by atoms with van der Waals surface area (Å²) < 4.78 is 5.16. The molecular formula is C22H25NO4. The summed E-state index contributed by atoms with van der Waals surface area (Å²) in [6.07, 6.45) is 0. The third-order valence-electron chi connectivity index (χ3n) is 4.09. The Morgan fingerprint density at radius 2 is 1.59 bits per heavy atom. The van der Waals surface area contributed by atoms with Crippen LogP contribution in [0.25, 0.3) is 0 Å². The van der Waals surface area contributed by atoms with Gasteiger partial charge in [0.1, 0.15) is 0 Å². The average Bonchev–Trinajstić information content (AvgIpc) is 2.61. The molecule has 1 N–H and O–H groups in total. The van der Waals surface area contributed by atoms with Gasteiger partial charge in [0.2, 0.25) is 5.91 Å². The molecule has 5 heteroatoms. The van der Waals surface area contributed by atoms with Crippen molar-refractivity contribution in [1.82, 2.24) is 0 Å². The summed E-state index contributed by atoms with van der Waals surface area (Å²) >= 11 is 0. The average molecular weight is 367 g/mol. The van der Waals surface area contributed by atoms with Gasteiger partial charge in [0.15, 0.2) is 12.4 Å². The fraction of sp³-hybridized carbons (Fsp3) is 0.318. The molecule has 2 aromatic rings. The first kappa shape index (κ1) is 20.4. The molecule has 0 saturated carbocycles. The van der Waals surface area contributed by atoms with Crippen molar-refractivity contribution in [3.8, 4) is 0 Å². The van der Waals surface area contributed by atoms with E-state index >= 15 is 0 Å². The lowest BCUT2D eigenvalue weighted by Gasteiger charge is -2.17. The van der Waals surface area contributed by atoms with Crippen molar-refractivity contribution in [1.29, 1.82) is 0 Å². The number of aryl methyl sites for hydroxylation is 2. The van der Waals surface area contributed by atoms with Gasteiger partial charge in [0.05, 0.1) is 5.56 Å². The first-order valence-electron chi connectivity index (χ1n) is 8.77. The number of benzene rings is 2. The molecule has 0 aliphatic heterocycles. The van der Waals surface area contributed by atoms with Crippen LogP contribution in [-0.2, 0) is 9.53 Å². The number of rotatable bonds is 5. The Bertz CT molecular complexity index is 861. The molecule has 5 nitrogen and oxygen atoms in total. The first-order chi connectivity index (χ1) is 12.6. The smallest absolute Gasteiger partial charge is 0.338 e. The number of ketones is 1. The quantitative estimate of drug-likeness (QED) is 0.631. The molecule has 0 aromatic heterocycles. The summed E-state index contributed by atoms with van der Waals surface area (Å²) in [5.74, 6) is -0.926. The number of esters is 1. The van der Waals surface area contributed by atoms with Crippen LogP contribution in [0.5, 0.6) is 0 Å². The maximum Gasteiger partial charge on any atom is 0.338 e. The van der Waals surface area contributed by atoms with Gasteiger partial charge < -0.3 is 10.1 Å². The number of amides is 1. The van der Waals surface area contributed by atoms with Crippen LogP contribution in [-0.4, -0.2) is 24.3 Å². The zero-order valence-corrected chi connectivity index (χ0v) is 16.4. The van der Waals surface area contributed by atoms with Crippen LogP contribution in [0.4, 0.5) is 5.69 Å². The van der Waals surface area contributed by atoms with Crippen LogP contribution in [0.2, 0.25) is 0 Å². The van der Waals surface area contributed by atoms with Crippen molar-refractivity contribution in [3.05, 3.63) is 64.7 Å². The van der Waals surface area contributed by atoms with Crippen LogP contribution in [0.1, 0.15) is 52.6 Å². The van der Waals surface area contributed by atoms with Crippen LogP contribution in [0, 0.1) is 19.3 Å². The van der Waals surface area contributed by atoms with E-state index in [1.54, 1.807) is 30.3 Å². The SMILES string of the molecule is Cc1ccc(C)c(C(=O)OCC(=O)c2ccc(NC(=O)C(C)(C)C)cc2)c1. The highest BCUT2D eigenvalue weighted by atomic mass is 16.5. The Morgan fingerprint density at radius 1 is 0.963 bits per heavy atom. The Balaban J connectivity index is 1.97. The van der Waals surface area contributed by atoms with E-state index < -0.39 is 11.4 Å². The number of anilines is 1. The number of nitrogens with one attached hydrogen (secondary N) is 1. The van der Waals surface area contributed by atoms with E-state index in [2.05, 4.69) is 5.32 Å². The van der Waals surface area contributed by atoms with E-state index in [0.717, 1.165) is 11.1 Å². The summed E-state index contributed by atoms with van der Waals surface area (Å²) in [6, 6.07) is 12.0. The zero-order valence-electron chi connectivity index (χ0n) is 16.4. The highest BCUT2D eigenvalue weighted by Crippen LogP contribution is 2.18. The zero-order chi connectivity index (χ0) is 20.2. The Morgan fingerprint density at radius 3 is 2.19 bits per heavy atom. The second-order valence-electron chi connectivity index (χ2n) is 7.60. The lowest BCUT2D eigenvalue weighted by atomic mass is 9.95. The highest BCUT2D eigenvalue weighted by Gasteiger charge is 2.21. The summed E-state index contributed by atoms with van der Waals surface area (Å²) in [4.78, 5) is 36.4. The molecule has 0 radical (unpaired) electrons. The molecule has 142 valence electrons. The van der Waals surface area contributed by atoms with Gasteiger partial charge in [-0.05, 0) is 49.7 Å². The molecule has 0 atom stereocenters. The first-order valence-corrected chi connectivity index (χ1v) is 8.77. The van der Waals surface area contributed by atoms with Gasteiger partial charge in [0, 0.05) is 16.7 Å². The molecule has 0 spiro atoms. The molecule has 0 unspecified atom stereocenters. The molecule has 1 amide bonds. The van der Waals surface area contributed by atoms with E-state index in [-0.39, 0.29) is 18.3 Å². The maximum atomic E-state index is 12.3. The minimum Gasteiger partial charge on any atom is -0.454 e. The van der Waals surface area contributed by atoms with Gasteiger partial charge in [-0.3, -0.25) is 9.59 Å². The number of hydrogen-bond donors (Lipinski definition) is 1. The molecule has 0 aliphatic rings. The Kier molecular flexibility index (Phi) is 6.16. The summed E-state index contributed by atoms with van der Waals surface area (Å²) in [7, 11) is 0. The van der Waals surface area contributed by atoms with E-state index in [1.807, 2.05) is 46.8 Å². The predicted molar refractivity (Wildman–Crippen MR) is 105 cm³/mol. The van der Waals surface area contributed by atoms with Crippen LogP contribution >= 0.6 is 0 Å².